The van der Waals surface area contributed by atoms with Crippen molar-refractivity contribution in [3.05, 3.63) is 50.2 Å². The summed E-state index contributed by atoms with van der Waals surface area (Å²) in [6.07, 6.45) is 0. The maximum Gasteiger partial charge on any atom is 2.00 e. The first kappa shape index (κ1) is 11.9. The molecule has 0 bridgehead atoms. The normalized spacial score (nSPS) is 6.67. The summed E-state index contributed by atoms with van der Waals surface area (Å²) < 4.78 is 0. The molecular weight excluding hydrogens is 334 g/mol. The fourth-order valence-electron chi connectivity index (χ4n) is 0.478. The van der Waals surface area contributed by atoms with Gasteiger partial charge in [-0.25, -0.2) is 0 Å². The van der Waals surface area contributed by atoms with Crippen molar-refractivity contribution in [3.63, 3.8) is 0 Å². The van der Waals surface area contributed by atoms with Gasteiger partial charge in [0.15, 0.2) is 0 Å². The molecule has 0 aliphatic carbocycles. The van der Waals surface area contributed by atoms with E-state index in [0.717, 1.165) is 5.56 Å². The van der Waals surface area contributed by atoms with Crippen molar-refractivity contribution in [2.75, 3.05) is 0 Å². The van der Waals surface area contributed by atoms with Crippen LogP contribution in [-0.2, 0) is 0 Å². The molecule has 0 radical (unpaired) electrons. The summed E-state index contributed by atoms with van der Waals surface area (Å²) in [6, 6.07) is 9.87. The van der Waals surface area contributed by atoms with Crippen LogP contribution in [0.1, 0.15) is 5.56 Å². The number of benzene rings is 1. The Morgan fingerprint density at radius 3 is 1.67 bits per heavy atom. The second kappa shape index (κ2) is 6.26. The minimum absolute atomic E-state index is 0. The molecule has 0 atom stereocenters. The molecule has 0 unspecified atom stereocenters. The molecule has 1 aromatic carbocycles. The van der Waals surface area contributed by atoms with Crippen molar-refractivity contribution >= 4 is 0 Å². The quantitative estimate of drug-likeness (QED) is 0.634. The van der Waals surface area contributed by atoms with Crippen molar-refractivity contribution in [1.29, 1.82) is 0 Å². The predicted octanol–water partition coefficient (Wildman–Crippen LogP) is 2.32. The van der Waals surface area contributed by atoms with E-state index in [1.807, 2.05) is 30.3 Å². The average Bonchev–Trinajstić information content (AvgIpc) is 1.69. The summed E-state index contributed by atoms with van der Waals surface area (Å²) in [6.45, 7) is 3.72. The Morgan fingerprint density at radius 2 is 1.44 bits per heavy atom. The molecule has 0 fully saturated rings. The van der Waals surface area contributed by atoms with E-state index in [9.17, 15) is 0 Å². The largest absolute Gasteiger partial charge is 2.00 e. The molecule has 0 aromatic heterocycles. The van der Waals surface area contributed by atoms with Gasteiger partial charge in [-0.05, 0) is 0 Å². The summed E-state index contributed by atoms with van der Waals surface area (Å²) in [4.78, 5) is 0. The summed E-state index contributed by atoms with van der Waals surface area (Å²) in [5.74, 6) is 0. The molecular formula is C8H10U. The van der Waals surface area contributed by atoms with Gasteiger partial charge < -0.3 is 7.43 Å². The zero-order chi connectivity index (χ0) is 5.11. The first-order valence-corrected chi connectivity index (χ1v) is 2.26. The van der Waals surface area contributed by atoms with Crippen molar-refractivity contribution in [2.24, 2.45) is 0 Å². The van der Waals surface area contributed by atoms with Crippen LogP contribution in [0.25, 0.3) is 0 Å². The van der Waals surface area contributed by atoms with E-state index in [2.05, 4.69) is 6.92 Å². The second-order valence-electron chi connectivity index (χ2n) is 1.49. The molecule has 0 aliphatic heterocycles. The number of hydrogen-bond donors (Lipinski definition) is 0. The van der Waals surface area contributed by atoms with Crippen LogP contribution in [0.3, 0.4) is 0 Å². The Hall–Kier alpha value is 0.142. The zero-order valence-electron chi connectivity index (χ0n) is 5.59. The fraction of sp³-hybridized carbons (Fsp3) is 0. The maximum absolute atomic E-state index is 3.72. The smallest absolute Gasteiger partial charge is 0.358 e. The van der Waals surface area contributed by atoms with Crippen LogP contribution in [-0.4, -0.2) is 0 Å². The summed E-state index contributed by atoms with van der Waals surface area (Å²) in [5.41, 5.74) is 1.07. The van der Waals surface area contributed by atoms with Gasteiger partial charge in [-0.15, -0.1) is 12.1 Å². The molecule has 9 heavy (non-hydrogen) atoms. The van der Waals surface area contributed by atoms with E-state index in [1.54, 1.807) is 0 Å². The van der Waals surface area contributed by atoms with E-state index in [1.165, 1.54) is 0 Å². The first-order valence-electron chi connectivity index (χ1n) is 2.26. The molecule has 0 amide bonds. The first-order chi connectivity index (χ1) is 3.39. The summed E-state index contributed by atoms with van der Waals surface area (Å²) in [5, 5.41) is 0. The molecule has 0 aliphatic rings. The van der Waals surface area contributed by atoms with Crippen LogP contribution in [0.2, 0.25) is 0 Å². The van der Waals surface area contributed by atoms with Gasteiger partial charge in [0.25, 0.3) is 0 Å². The van der Waals surface area contributed by atoms with E-state index < -0.39 is 0 Å². The van der Waals surface area contributed by atoms with Crippen LogP contribution >= 0.6 is 0 Å². The Kier molecular flexibility index (Phi) is 8.27. The van der Waals surface area contributed by atoms with E-state index >= 15 is 0 Å². The van der Waals surface area contributed by atoms with Crippen LogP contribution in [0.4, 0.5) is 0 Å². The number of rotatable bonds is 0. The summed E-state index contributed by atoms with van der Waals surface area (Å²) >= 11 is 0. The minimum atomic E-state index is 0. The molecule has 0 nitrogen and oxygen atoms in total. The fourth-order valence-corrected chi connectivity index (χ4v) is 0.478. The van der Waals surface area contributed by atoms with Crippen molar-refractivity contribution in [3.8, 4) is 0 Å². The SMILES string of the molecule is [CH2-]c1ccccc1.[CH3-].[U+2]. The van der Waals surface area contributed by atoms with Crippen molar-refractivity contribution in [1.82, 2.24) is 0 Å². The van der Waals surface area contributed by atoms with Crippen LogP contribution in [0, 0.1) is 45.5 Å². The molecule has 0 spiro atoms. The maximum atomic E-state index is 3.72. The van der Waals surface area contributed by atoms with Crippen LogP contribution in [0.15, 0.2) is 30.3 Å². The van der Waals surface area contributed by atoms with Crippen LogP contribution < -0.4 is 0 Å². The third-order valence-electron chi connectivity index (χ3n) is 0.843. The topological polar surface area (TPSA) is 0 Å². The van der Waals surface area contributed by atoms with Gasteiger partial charge in [-0.2, -0.15) is 24.6 Å². The Morgan fingerprint density at radius 1 is 1.00 bits per heavy atom. The van der Waals surface area contributed by atoms with E-state index in [4.69, 9.17) is 0 Å². The predicted molar refractivity (Wildman–Crippen MR) is 37.3 cm³/mol. The summed E-state index contributed by atoms with van der Waals surface area (Å²) in [7, 11) is 0. The van der Waals surface area contributed by atoms with Gasteiger partial charge in [0.05, 0.1) is 0 Å². The molecule has 46 valence electrons. The third kappa shape index (κ3) is 4.63. The van der Waals surface area contributed by atoms with Gasteiger partial charge >= 0.3 is 31.1 Å². The minimum Gasteiger partial charge on any atom is -0.358 e. The Balaban J connectivity index is 0. The van der Waals surface area contributed by atoms with Gasteiger partial charge in [0.2, 0.25) is 0 Å². The Bertz CT molecular complexity index is 134. The molecule has 0 saturated heterocycles. The third-order valence-corrected chi connectivity index (χ3v) is 0.843. The molecule has 1 aromatic rings. The van der Waals surface area contributed by atoms with Crippen LogP contribution in [0.5, 0.6) is 0 Å². The molecule has 0 N–H and O–H groups in total. The molecule has 1 rings (SSSR count). The zero-order valence-corrected chi connectivity index (χ0v) is 9.76. The van der Waals surface area contributed by atoms with Gasteiger partial charge in [-0.3, -0.25) is 0 Å². The second-order valence-corrected chi connectivity index (χ2v) is 1.49. The van der Waals surface area contributed by atoms with Gasteiger partial charge in [0, 0.05) is 0 Å². The van der Waals surface area contributed by atoms with Crippen molar-refractivity contribution in [2.45, 2.75) is 0 Å². The Labute approximate surface area is 81.0 Å². The monoisotopic (exact) mass is 344 g/mol. The van der Waals surface area contributed by atoms with Crippen molar-refractivity contribution < 1.29 is 31.1 Å². The molecule has 1 heteroatoms. The number of hydrogen-bond acceptors (Lipinski definition) is 0. The molecule has 0 heterocycles. The van der Waals surface area contributed by atoms with E-state index in [0.29, 0.717) is 0 Å². The van der Waals surface area contributed by atoms with Gasteiger partial charge in [0.1, 0.15) is 0 Å². The van der Waals surface area contributed by atoms with Gasteiger partial charge in [-0.1, -0.05) is 6.07 Å². The molecule has 0 saturated carbocycles. The average molecular weight is 344 g/mol. The standard InChI is InChI=1S/C7H7.CH3.U/c1-7-5-3-2-4-6-7;;/h2-6H,1H2;1H3;/q2*-1;+2. The van der Waals surface area contributed by atoms with E-state index in [-0.39, 0.29) is 38.5 Å².